The van der Waals surface area contributed by atoms with Gasteiger partial charge in [0.2, 0.25) is 0 Å². The van der Waals surface area contributed by atoms with Crippen molar-refractivity contribution in [1.29, 1.82) is 0 Å². The smallest absolute Gasteiger partial charge is 0.255 e. The van der Waals surface area contributed by atoms with Crippen molar-refractivity contribution >= 4 is 17.4 Å². The molecule has 1 aliphatic rings. The maximum absolute atomic E-state index is 12.8. The number of aryl methyl sites for hydroxylation is 1. The summed E-state index contributed by atoms with van der Waals surface area (Å²) >= 11 is 0. The van der Waals surface area contributed by atoms with Gasteiger partial charge in [0.1, 0.15) is 5.82 Å². The highest BCUT2D eigenvalue weighted by Gasteiger charge is 2.22. The average Bonchev–Trinajstić information content (AvgIpc) is 2.61. The first-order chi connectivity index (χ1) is 12.0. The van der Waals surface area contributed by atoms with Gasteiger partial charge in [-0.25, -0.2) is 4.98 Å². The Morgan fingerprint density at radius 2 is 1.84 bits per heavy atom. The minimum atomic E-state index is -0.0412. The Hall–Kier alpha value is -2.36. The van der Waals surface area contributed by atoms with Crippen molar-refractivity contribution in [1.82, 2.24) is 10.3 Å². The summed E-state index contributed by atoms with van der Waals surface area (Å²) in [5.41, 5.74) is 3.96. The second-order valence-corrected chi connectivity index (χ2v) is 7.20. The van der Waals surface area contributed by atoms with Crippen molar-refractivity contribution in [3.05, 3.63) is 53.2 Å². The quantitative estimate of drug-likeness (QED) is 0.846. The van der Waals surface area contributed by atoms with E-state index in [9.17, 15) is 4.79 Å². The van der Waals surface area contributed by atoms with Crippen LogP contribution in [0.5, 0.6) is 0 Å². The molecule has 1 heterocycles. The van der Waals surface area contributed by atoms with Crippen molar-refractivity contribution in [3.8, 4) is 0 Å². The molecule has 0 saturated heterocycles. The second kappa shape index (κ2) is 7.68. The molecular weight excluding hydrogens is 310 g/mol. The lowest BCUT2D eigenvalue weighted by molar-refractivity contribution is 0.0923. The number of hydrogen-bond donors (Lipinski definition) is 2. The predicted octanol–water partition coefficient (Wildman–Crippen LogP) is 4.75. The van der Waals surface area contributed by atoms with Crippen LogP contribution >= 0.6 is 0 Å². The van der Waals surface area contributed by atoms with Crippen LogP contribution in [0.25, 0.3) is 0 Å². The van der Waals surface area contributed by atoms with Crippen LogP contribution in [0.4, 0.5) is 11.5 Å². The first-order valence-corrected chi connectivity index (χ1v) is 9.13. The van der Waals surface area contributed by atoms with Gasteiger partial charge in [0.25, 0.3) is 5.91 Å². The summed E-state index contributed by atoms with van der Waals surface area (Å²) in [7, 11) is 0. The molecule has 25 heavy (non-hydrogen) atoms. The number of carbonyl (C=O) groups is 1. The number of hydrogen-bond acceptors (Lipinski definition) is 3. The molecule has 0 spiro atoms. The summed E-state index contributed by atoms with van der Waals surface area (Å²) in [6, 6.07) is 10.0. The number of amides is 1. The molecule has 2 aromatic rings. The number of anilines is 2. The zero-order valence-corrected chi connectivity index (χ0v) is 15.3. The lowest BCUT2D eigenvalue weighted by Gasteiger charge is -2.27. The fourth-order valence-corrected chi connectivity index (χ4v) is 3.37. The molecule has 0 aliphatic heterocycles. The topological polar surface area (TPSA) is 54.0 Å². The lowest BCUT2D eigenvalue weighted by Crippen LogP contribution is -2.37. The van der Waals surface area contributed by atoms with Gasteiger partial charge in [-0.1, -0.05) is 19.1 Å². The molecular formula is C21H27N3O. The van der Waals surface area contributed by atoms with Crippen LogP contribution < -0.4 is 10.6 Å². The minimum Gasteiger partial charge on any atom is -0.349 e. The normalized spacial score (nSPS) is 20.1. The van der Waals surface area contributed by atoms with E-state index < -0.39 is 0 Å². The molecule has 132 valence electrons. The van der Waals surface area contributed by atoms with Gasteiger partial charge in [0.05, 0.1) is 5.56 Å². The van der Waals surface area contributed by atoms with E-state index in [-0.39, 0.29) is 11.9 Å². The Balaban J connectivity index is 1.76. The molecule has 2 N–H and O–H groups in total. The first-order valence-electron chi connectivity index (χ1n) is 9.13. The van der Waals surface area contributed by atoms with Gasteiger partial charge in [0, 0.05) is 17.9 Å². The summed E-state index contributed by atoms with van der Waals surface area (Å²) in [6.07, 6.45) is 6.21. The molecule has 4 heteroatoms. The van der Waals surface area contributed by atoms with E-state index in [0.717, 1.165) is 24.4 Å². The zero-order valence-electron chi connectivity index (χ0n) is 15.3. The summed E-state index contributed by atoms with van der Waals surface area (Å²) in [5.74, 6) is 1.34. The highest BCUT2D eigenvalue weighted by molar-refractivity contribution is 5.99. The van der Waals surface area contributed by atoms with Crippen LogP contribution in [0.15, 0.2) is 36.5 Å². The highest BCUT2D eigenvalue weighted by atomic mass is 16.1. The van der Waals surface area contributed by atoms with Gasteiger partial charge < -0.3 is 10.6 Å². The summed E-state index contributed by atoms with van der Waals surface area (Å²) < 4.78 is 0. The molecule has 1 aliphatic carbocycles. The third kappa shape index (κ3) is 4.19. The van der Waals surface area contributed by atoms with Crippen LogP contribution in [0.3, 0.4) is 0 Å². The van der Waals surface area contributed by atoms with E-state index in [2.05, 4.69) is 42.5 Å². The fraction of sp³-hybridized carbons (Fsp3) is 0.429. The number of nitrogens with one attached hydrogen (secondary N) is 2. The van der Waals surface area contributed by atoms with E-state index >= 15 is 0 Å². The average molecular weight is 337 g/mol. The van der Waals surface area contributed by atoms with Crippen LogP contribution in [-0.2, 0) is 0 Å². The number of carbonyl (C=O) groups excluding carboxylic acids is 1. The fourth-order valence-electron chi connectivity index (χ4n) is 3.37. The van der Waals surface area contributed by atoms with Crippen LogP contribution in [-0.4, -0.2) is 16.9 Å². The maximum Gasteiger partial charge on any atom is 0.255 e. The lowest BCUT2D eigenvalue weighted by atomic mass is 9.87. The molecule has 1 fully saturated rings. The van der Waals surface area contributed by atoms with E-state index in [1.54, 1.807) is 6.20 Å². The molecule has 1 aromatic heterocycles. The van der Waals surface area contributed by atoms with E-state index in [4.69, 9.17) is 0 Å². The maximum atomic E-state index is 12.8. The monoisotopic (exact) mass is 337 g/mol. The molecule has 1 amide bonds. The summed E-state index contributed by atoms with van der Waals surface area (Å²) in [4.78, 5) is 17.2. The van der Waals surface area contributed by atoms with Crippen LogP contribution in [0, 0.1) is 19.8 Å². The minimum absolute atomic E-state index is 0.0412. The zero-order chi connectivity index (χ0) is 17.8. The van der Waals surface area contributed by atoms with Gasteiger partial charge in [-0.15, -0.1) is 0 Å². The molecule has 0 radical (unpaired) electrons. The number of rotatable bonds is 4. The second-order valence-electron chi connectivity index (χ2n) is 7.20. The number of benzene rings is 1. The molecule has 0 unspecified atom stereocenters. The van der Waals surface area contributed by atoms with Crippen molar-refractivity contribution in [2.75, 3.05) is 5.32 Å². The standard InChI is InChI=1S/C21H27N3O/c1-14-9-11-17(12-10-14)23-21(25)18-7-5-13-22-20(18)24-19-8-4-6-15(2)16(19)3/h4-8,13-14,17H,9-12H2,1-3H3,(H,22,24)(H,23,25). The third-order valence-corrected chi connectivity index (χ3v) is 5.26. The predicted molar refractivity (Wildman–Crippen MR) is 102 cm³/mol. The number of pyridine rings is 1. The Morgan fingerprint density at radius 1 is 1.08 bits per heavy atom. The van der Waals surface area contributed by atoms with Crippen molar-refractivity contribution in [2.45, 2.75) is 52.5 Å². The van der Waals surface area contributed by atoms with E-state index in [1.807, 2.05) is 24.3 Å². The molecule has 1 saturated carbocycles. The SMILES string of the molecule is Cc1cccc(Nc2ncccc2C(=O)NC2CCC(C)CC2)c1C. The van der Waals surface area contributed by atoms with Gasteiger partial charge in [0.15, 0.2) is 0 Å². The largest absolute Gasteiger partial charge is 0.349 e. The molecule has 1 aromatic carbocycles. The van der Waals surface area contributed by atoms with Gasteiger partial charge in [-0.3, -0.25) is 4.79 Å². The van der Waals surface area contributed by atoms with Gasteiger partial charge in [-0.05, 0) is 74.8 Å². The van der Waals surface area contributed by atoms with Crippen molar-refractivity contribution < 1.29 is 4.79 Å². The Kier molecular flexibility index (Phi) is 5.37. The van der Waals surface area contributed by atoms with Crippen molar-refractivity contribution in [3.63, 3.8) is 0 Å². The molecule has 4 nitrogen and oxygen atoms in total. The summed E-state index contributed by atoms with van der Waals surface area (Å²) in [6.45, 7) is 6.44. The number of nitrogens with zero attached hydrogens (tertiary/aromatic N) is 1. The summed E-state index contributed by atoms with van der Waals surface area (Å²) in [5, 5.41) is 6.52. The third-order valence-electron chi connectivity index (χ3n) is 5.26. The van der Waals surface area contributed by atoms with Gasteiger partial charge in [-0.2, -0.15) is 0 Å². The van der Waals surface area contributed by atoms with E-state index in [0.29, 0.717) is 11.4 Å². The Bertz CT molecular complexity index is 749. The molecule has 0 atom stereocenters. The Morgan fingerprint density at radius 3 is 2.60 bits per heavy atom. The number of aromatic nitrogens is 1. The first kappa shape index (κ1) is 17.5. The van der Waals surface area contributed by atoms with E-state index in [1.165, 1.54) is 24.0 Å². The van der Waals surface area contributed by atoms with Gasteiger partial charge >= 0.3 is 0 Å². The highest BCUT2D eigenvalue weighted by Crippen LogP contribution is 2.26. The Labute approximate surface area is 150 Å². The van der Waals surface area contributed by atoms with Crippen LogP contribution in [0.1, 0.15) is 54.1 Å². The van der Waals surface area contributed by atoms with Crippen LogP contribution in [0.2, 0.25) is 0 Å². The molecule has 0 bridgehead atoms. The molecule has 3 rings (SSSR count). The van der Waals surface area contributed by atoms with Crippen molar-refractivity contribution in [2.24, 2.45) is 5.92 Å².